The predicted molar refractivity (Wildman–Crippen MR) is 115 cm³/mol. The van der Waals surface area contributed by atoms with Crippen LogP contribution in [0, 0.1) is 17.3 Å². The lowest BCUT2D eigenvalue weighted by atomic mass is 9.85. The molecule has 2 rings (SSSR count). The highest BCUT2D eigenvalue weighted by Gasteiger charge is 2.52. The number of likely N-dealkylation sites (tertiary alicyclic amines) is 1. The van der Waals surface area contributed by atoms with Gasteiger partial charge >= 0.3 is 18.1 Å². The fourth-order valence-corrected chi connectivity index (χ4v) is 4.55. The molecule has 1 saturated carbocycles. The first-order valence-corrected chi connectivity index (χ1v) is 11.3. The molecular weight excluding hydrogens is 427 g/mol. The lowest BCUT2D eigenvalue weighted by Gasteiger charge is -2.35. The van der Waals surface area contributed by atoms with Crippen molar-refractivity contribution < 1.29 is 32.7 Å². The molecule has 1 aliphatic carbocycles. The Hall–Kier alpha value is -1.84. The Morgan fingerprint density at radius 2 is 1.59 bits per heavy atom. The predicted octanol–water partition coefficient (Wildman–Crippen LogP) is 3.14. The van der Waals surface area contributed by atoms with E-state index < -0.39 is 41.5 Å². The van der Waals surface area contributed by atoms with Crippen LogP contribution in [0.1, 0.15) is 60.8 Å². The summed E-state index contributed by atoms with van der Waals surface area (Å²) in [5, 5.41) is 11.3. The van der Waals surface area contributed by atoms with E-state index in [4.69, 9.17) is 0 Å². The molecule has 2 fully saturated rings. The fraction of sp³-hybridized carbons (Fsp3) is 0.864. The maximum Gasteiger partial charge on any atom is 0.471 e. The molecule has 0 spiro atoms. The van der Waals surface area contributed by atoms with Gasteiger partial charge in [0.1, 0.15) is 12.1 Å². The number of alkyl halides is 3. The van der Waals surface area contributed by atoms with E-state index in [0.29, 0.717) is 6.42 Å². The van der Waals surface area contributed by atoms with Gasteiger partial charge < -0.3 is 20.2 Å². The summed E-state index contributed by atoms with van der Waals surface area (Å²) in [6.07, 6.45) is -2.75. The van der Waals surface area contributed by atoms with Crippen molar-refractivity contribution in [2.24, 2.45) is 17.3 Å². The van der Waals surface area contributed by atoms with Crippen molar-refractivity contribution in [2.45, 2.75) is 79.1 Å². The molecule has 4 atom stereocenters. The molecule has 0 aromatic carbocycles. The molecular formula is C22H38F3N3O4. The zero-order chi connectivity index (χ0) is 24.9. The number of fused-ring (bicyclic) bond motifs is 1. The molecule has 1 unspecified atom stereocenters. The minimum atomic E-state index is -5.11. The average molecular weight is 466 g/mol. The average Bonchev–Trinajstić information content (AvgIpc) is 3.26. The summed E-state index contributed by atoms with van der Waals surface area (Å²) in [6.45, 7) is 14.9. The monoisotopic (exact) mass is 465 g/mol. The van der Waals surface area contributed by atoms with Gasteiger partial charge in [-0.2, -0.15) is 13.2 Å². The Morgan fingerprint density at radius 1 is 1.06 bits per heavy atom. The molecule has 2 amide bonds. The van der Waals surface area contributed by atoms with E-state index in [1.165, 1.54) is 40.4 Å². The first kappa shape index (κ1) is 28.2. The van der Waals surface area contributed by atoms with E-state index in [2.05, 4.69) is 25.7 Å². The standard InChI is InChI=1S/C16H23F3N2O4.C6H15N/c1-15(2,3)11(20-14(25)16(17,18)19)12(22)21-7-8-5-4-6-9(8)10(21)13(23)24;1-4-7(5-2)6-3/h8-11H,4-7H2,1-3H3,(H,20,25)(H,23,24);4-6H2,1-3H3/t8-,9-,10-,11?;/m0./s1. The third-order valence-electron chi connectivity index (χ3n) is 6.41. The summed E-state index contributed by atoms with van der Waals surface area (Å²) < 4.78 is 37.8. The molecule has 2 N–H and O–H groups in total. The summed E-state index contributed by atoms with van der Waals surface area (Å²) in [4.78, 5) is 39.4. The second-order valence-corrected chi connectivity index (χ2v) is 9.52. The lowest BCUT2D eigenvalue weighted by molar-refractivity contribution is -0.176. The normalized spacial score (nSPS) is 23.9. The van der Waals surface area contributed by atoms with Crippen LogP contribution in [0.25, 0.3) is 0 Å². The van der Waals surface area contributed by atoms with Crippen molar-refractivity contribution in [3.63, 3.8) is 0 Å². The molecule has 7 nitrogen and oxygen atoms in total. The van der Waals surface area contributed by atoms with E-state index >= 15 is 0 Å². The third kappa shape index (κ3) is 7.08. The molecule has 1 aliphatic heterocycles. The Balaban J connectivity index is 0.000000633. The van der Waals surface area contributed by atoms with Crippen LogP contribution in [0.3, 0.4) is 0 Å². The molecule has 0 bridgehead atoms. The first-order chi connectivity index (χ1) is 14.7. The Bertz CT molecular complexity index is 654. The van der Waals surface area contributed by atoms with Crippen LogP contribution in [-0.4, -0.2) is 77.1 Å². The number of carboxylic acid groups (broad SMARTS) is 1. The highest BCUT2D eigenvalue weighted by Crippen LogP contribution is 2.43. The van der Waals surface area contributed by atoms with Gasteiger partial charge in [0.05, 0.1) is 0 Å². The number of hydrogen-bond donors (Lipinski definition) is 2. The van der Waals surface area contributed by atoms with Gasteiger partial charge in [-0.1, -0.05) is 48.0 Å². The third-order valence-corrected chi connectivity index (χ3v) is 6.41. The summed E-state index contributed by atoms with van der Waals surface area (Å²) in [7, 11) is 0. The molecule has 1 saturated heterocycles. The number of carbonyl (C=O) groups is 3. The lowest BCUT2D eigenvalue weighted by Crippen LogP contribution is -2.59. The number of hydrogen-bond acceptors (Lipinski definition) is 4. The largest absolute Gasteiger partial charge is 0.480 e. The van der Waals surface area contributed by atoms with Crippen molar-refractivity contribution in [1.29, 1.82) is 0 Å². The Morgan fingerprint density at radius 3 is 1.97 bits per heavy atom. The number of amides is 2. The van der Waals surface area contributed by atoms with Crippen LogP contribution in [0.2, 0.25) is 0 Å². The van der Waals surface area contributed by atoms with Crippen LogP contribution in [0.5, 0.6) is 0 Å². The molecule has 32 heavy (non-hydrogen) atoms. The van der Waals surface area contributed by atoms with Crippen LogP contribution < -0.4 is 5.32 Å². The molecule has 0 aromatic heterocycles. The summed E-state index contributed by atoms with van der Waals surface area (Å²) >= 11 is 0. The van der Waals surface area contributed by atoms with Gasteiger partial charge in [0, 0.05) is 6.54 Å². The Kier molecular flexibility index (Phi) is 9.99. The summed E-state index contributed by atoms with van der Waals surface area (Å²) in [5.41, 5.74) is -1.00. The smallest absolute Gasteiger partial charge is 0.471 e. The van der Waals surface area contributed by atoms with Gasteiger partial charge in [-0.25, -0.2) is 4.79 Å². The van der Waals surface area contributed by atoms with Gasteiger partial charge in [-0.05, 0) is 49.7 Å². The van der Waals surface area contributed by atoms with Crippen molar-refractivity contribution in [3.05, 3.63) is 0 Å². The number of carboxylic acids is 1. The summed E-state index contributed by atoms with van der Waals surface area (Å²) in [6, 6.07) is -2.50. The van der Waals surface area contributed by atoms with Crippen LogP contribution in [0.15, 0.2) is 0 Å². The number of carbonyl (C=O) groups excluding carboxylic acids is 2. The SMILES string of the molecule is CC(C)(C)C(NC(=O)C(F)(F)F)C(=O)N1C[C@@H]2CCC[C@@H]2[C@H]1C(=O)O.CCN(CC)CC. The van der Waals surface area contributed by atoms with E-state index in [0.717, 1.165) is 17.7 Å². The van der Waals surface area contributed by atoms with Gasteiger partial charge in [-0.15, -0.1) is 0 Å². The zero-order valence-corrected chi connectivity index (χ0v) is 20.0. The van der Waals surface area contributed by atoms with Crippen molar-refractivity contribution in [2.75, 3.05) is 26.2 Å². The summed E-state index contributed by atoms with van der Waals surface area (Å²) in [5.74, 6) is -4.26. The number of nitrogens with one attached hydrogen (secondary N) is 1. The molecule has 0 aromatic rings. The van der Waals surface area contributed by atoms with Crippen LogP contribution >= 0.6 is 0 Å². The van der Waals surface area contributed by atoms with Crippen LogP contribution in [-0.2, 0) is 14.4 Å². The van der Waals surface area contributed by atoms with E-state index in [9.17, 15) is 32.7 Å². The zero-order valence-electron chi connectivity index (χ0n) is 20.0. The molecule has 2 aliphatic rings. The number of nitrogens with zero attached hydrogens (tertiary/aromatic N) is 2. The fourth-order valence-electron chi connectivity index (χ4n) is 4.55. The quantitative estimate of drug-likeness (QED) is 0.629. The highest BCUT2D eigenvalue weighted by atomic mass is 19.4. The molecule has 0 radical (unpaired) electrons. The van der Waals surface area contributed by atoms with Crippen molar-refractivity contribution in [1.82, 2.24) is 15.1 Å². The first-order valence-electron chi connectivity index (χ1n) is 11.3. The second kappa shape index (κ2) is 11.3. The highest BCUT2D eigenvalue weighted by molar-refractivity contribution is 5.93. The number of rotatable bonds is 6. The molecule has 1 heterocycles. The van der Waals surface area contributed by atoms with E-state index in [1.54, 1.807) is 5.32 Å². The molecule has 186 valence electrons. The maximum absolute atomic E-state index is 12.9. The van der Waals surface area contributed by atoms with Crippen molar-refractivity contribution in [3.8, 4) is 0 Å². The molecule has 10 heteroatoms. The van der Waals surface area contributed by atoms with Crippen molar-refractivity contribution >= 4 is 17.8 Å². The number of aliphatic carboxylic acids is 1. The van der Waals surface area contributed by atoms with Gasteiger partial charge in [0.2, 0.25) is 5.91 Å². The Labute approximate surface area is 188 Å². The van der Waals surface area contributed by atoms with E-state index in [1.807, 2.05) is 0 Å². The van der Waals surface area contributed by atoms with Crippen LogP contribution in [0.4, 0.5) is 13.2 Å². The number of halogens is 3. The second-order valence-electron chi connectivity index (χ2n) is 9.52. The maximum atomic E-state index is 12.9. The van der Waals surface area contributed by atoms with Gasteiger partial charge in [0.25, 0.3) is 0 Å². The minimum Gasteiger partial charge on any atom is -0.480 e. The van der Waals surface area contributed by atoms with E-state index in [-0.39, 0.29) is 18.4 Å². The topological polar surface area (TPSA) is 90.0 Å². The minimum absolute atomic E-state index is 0.0454. The van der Waals surface area contributed by atoms with Gasteiger partial charge in [-0.3, -0.25) is 9.59 Å². The van der Waals surface area contributed by atoms with Gasteiger partial charge in [0.15, 0.2) is 0 Å².